The highest BCUT2D eigenvalue weighted by molar-refractivity contribution is 5.89. The summed E-state index contributed by atoms with van der Waals surface area (Å²) in [6.07, 6.45) is 7.67. The van der Waals surface area contributed by atoms with Gasteiger partial charge in [0.2, 0.25) is 0 Å². The van der Waals surface area contributed by atoms with Gasteiger partial charge in [0, 0.05) is 12.7 Å². The van der Waals surface area contributed by atoms with Crippen molar-refractivity contribution in [2.24, 2.45) is 5.92 Å². The summed E-state index contributed by atoms with van der Waals surface area (Å²) in [7, 11) is 0. The van der Waals surface area contributed by atoms with Gasteiger partial charge >= 0.3 is 5.97 Å². The number of esters is 1. The number of hydrogen-bond donors (Lipinski definition) is 1. The molecule has 0 unspecified atom stereocenters. The molecule has 1 heterocycles. The van der Waals surface area contributed by atoms with Gasteiger partial charge in [-0.3, -0.25) is 0 Å². The number of nitrogens with two attached hydrogens (primary N) is 1. The van der Waals surface area contributed by atoms with Gasteiger partial charge in [-0.2, -0.15) is 0 Å². The summed E-state index contributed by atoms with van der Waals surface area (Å²) in [4.78, 5) is 11.9. The van der Waals surface area contributed by atoms with Crippen LogP contribution in [0.5, 0.6) is 0 Å². The molecule has 0 saturated heterocycles. The molecule has 0 radical (unpaired) electrons. The van der Waals surface area contributed by atoms with Crippen molar-refractivity contribution in [1.82, 2.24) is 4.57 Å². The molecule has 0 atom stereocenters. The van der Waals surface area contributed by atoms with Crippen molar-refractivity contribution in [2.75, 3.05) is 12.3 Å². The summed E-state index contributed by atoms with van der Waals surface area (Å²) < 4.78 is 7.20. The van der Waals surface area contributed by atoms with Crippen molar-refractivity contribution < 1.29 is 9.53 Å². The molecule has 1 aromatic rings. The van der Waals surface area contributed by atoms with E-state index >= 15 is 0 Å². The van der Waals surface area contributed by atoms with E-state index in [1.165, 1.54) is 19.3 Å². The Morgan fingerprint density at radius 2 is 2.33 bits per heavy atom. The Labute approximate surface area is 108 Å². The molecule has 1 fully saturated rings. The van der Waals surface area contributed by atoms with Gasteiger partial charge in [-0.1, -0.05) is 26.2 Å². The number of aromatic nitrogens is 1. The number of rotatable bonds is 6. The third kappa shape index (κ3) is 3.06. The summed E-state index contributed by atoms with van der Waals surface area (Å²) in [5.74, 6) is 0.518. The minimum atomic E-state index is -0.250. The maximum absolute atomic E-state index is 11.9. The summed E-state index contributed by atoms with van der Waals surface area (Å²) in [6, 6.07) is 1.70. The molecule has 2 N–H and O–H groups in total. The Bertz CT molecular complexity index is 408. The van der Waals surface area contributed by atoms with Crippen LogP contribution in [0.2, 0.25) is 0 Å². The number of hydrogen-bond acceptors (Lipinski definition) is 3. The van der Waals surface area contributed by atoms with Crippen LogP contribution in [0.1, 0.15) is 49.5 Å². The lowest BCUT2D eigenvalue weighted by molar-refractivity contribution is 0.0452. The van der Waals surface area contributed by atoms with Gasteiger partial charge < -0.3 is 15.0 Å². The minimum Gasteiger partial charge on any atom is -0.461 e. The van der Waals surface area contributed by atoms with Gasteiger partial charge in [0.05, 0.1) is 12.3 Å². The van der Waals surface area contributed by atoms with Gasteiger partial charge in [-0.15, -0.1) is 0 Å². The maximum atomic E-state index is 11.9. The second-order valence-corrected chi connectivity index (χ2v) is 5.07. The first kappa shape index (κ1) is 13.0. The highest BCUT2D eigenvalue weighted by Gasteiger charge is 2.19. The van der Waals surface area contributed by atoms with Crippen LogP contribution in [0.3, 0.4) is 0 Å². The van der Waals surface area contributed by atoms with Crippen LogP contribution in [-0.2, 0) is 11.3 Å². The SMILES string of the molecule is CCCn1cc(N)cc1C(=O)OCCC1CCC1. The van der Waals surface area contributed by atoms with Crippen LogP contribution in [-0.4, -0.2) is 17.1 Å². The van der Waals surface area contributed by atoms with Crippen LogP contribution >= 0.6 is 0 Å². The number of ether oxygens (including phenoxy) is 1. The van der Waals surface area contributed by atoms with Gasteiger partial charge in [-0.05, 0) is 24.8 Å². The predicted octanol–water partition coefficient (Wildman–Crippen LogP) is 2.83. The summed E-state index contributed by atoms with van der Waals surface area (Å²) in [5, 5.41) is 0. The van der Waals surface area contributed by atoms with E-state index in [0.29, 0.717) is 18.0 Å². The number of carbonyl (C=O) groups is 1. The second kappa shape index (κ2) is 5.94. The molecule has 2 rings (SSSR count). The number of nitrogen functional groups attached to an aromatic ring is 1. The molecule has 0 aromatic carbocycles. The molecule has 18 heavy (non-hydrogen) atoms. The van der Waals surface area contributed by atoms with E-state index in [1.807, 2.05) is 4.57 Å². The van der Waals surface area contributed by atoms with E-state index in [9.17, 15) is 4.79 Å². The topological polar surface area (TPSA) is 57.2 Å². The Morgan fingerprint density at radius 3 is 2.94 bits per heavy atom. The average Bonchev–Trinajstić information content (AvgIpc) is 2.63. The van der Waals surface area contributed by atoms with Crippen LogP contribution < -0.4 is 5.73 Å². The van der Waals surface area contributed by atoms with E-state index < -0.39 is 0 Å². The smallest absolute Gasteiger partial charge is 0.355 e. The van der Waals surface area contributed by atoms with Crippen LogP contribution in [0.4, 0.5) is 5.69 Å². The molecule has 1 aliphatic carbocycles. The fourth-order valence-corrected chi connectivity index (χ4v) is 2.30. The number of aryl methyl sites for hydroxylation is 1. The normalized spacial score (nSPS) is 15.4. The van der Waals surface area contributed by atoms with Crippen molar-refractivity contribution >= 4 is 11.7 Å². The van der Waals surface area contributed by atoms with E-state index in [2.05, 4.69) is 6.92 Å². The maximum Gasteiger partial charge on any atom is 0.355 e. The van der Waals surface area contributed by atoms with Gasteiger partial charge in [-0.25, -0.2) is 4.79 Å². The van der Waals surface area contributed by atoms with Crippen molar-refractivity contribution in [1.29, 1.82) is 0 Å². The molecule has 4 nitrogen and oxygen atoms in total. The lowest BCUT2D eigenvalue weighted by Crippen LogP contribution is -2.17. The highest BCUT2D eigenvalue weighted by Crippen LogP contribution is 2.29. The van der Waals surface area contributed by atoms with Crippen LogP contribution in [0.15, 0.2) is 12.3 Å². The molecular formula is C14H22N2O2. The highest BCUT2D eigenvalue weighted by atomic mass is 16.5. The molecule has 0 amide bonds. The Hall–Kier alpha value is -1.45. The molecule has 100 valence electrons. The summed E-state index contributed by atoms with van der Waals surface area (Å²) in [5.41, 5.74) is 6.92. The monoisotopic (exact) mass is 250 g/mol. The standard InChI is InChI=1S/C14H22N2O2/c1-2-7-16-10-12(15)9-13(16)14(17)18-8-6-11-4-3-5-11/h9-11H,2-8,15H2,1H3. The summed E-state index contributed by atoms with van der Waals surface area (Å²) >= 11 is 0. The van der Waals surface area contributed by atoms with Crippen molar-refractivity contribution in [3.63, 3.8) is 0 Å². The number of carbonyl (C=O) groups excluding carboxylic acids is 1. The predicted molar refractivity (Wildman–Crippen MR) is 71.4 cm³/mol. The number of nitrogens with zero attached hydrogens (tertiary/aromatic N) is 1. The molecule has 1 aromatic heterocycles. The van der Waals surface area contributed by atoms with E-state index in [0.717, 1.165) is 25.3 Å². The van der Waals surface area contributed by atoms with Crippen molar-refractivity contribution in [3.05, 3.63) is 18.0 Å². The Balaban J connectivity index is 1.86. The third-order valence-electron chi connectivity index (χ3n) is 3.58. The number of anilines is 1. The molecule has 0 spiro atoms. The first-order chi connectivity index (χ1) is 8.70. The average molecular weight is 250 g/mol. The second-order valence-electron chi connectivity index (χ2n) is 5.07. The Kier molecular flexibility index (Phi) is 4.28. The zero-order valence-electron chi connectivity index (χ0n) is 11.0. The molecule has 0 aliphatic heterocycles. The van der Waals surface area contributed by atoms with Crippen molar-refractivity contribution in [2.45, 2.75) is 45.6 Å². The van der Waals surface area contributed by atoms with Crippen LogP contribution in [0.25, 0.3) is 0 Å². The Morgan fingerprint density at radius 1 is 1.56 bits per heavy atom. The summed E-state index contributed by atoms with van der Waals surface area (Å²) in [6.45, 7) is 3.40. The van der Waals surface area contributed by atoms with Gasteiger partial charge in [0.25, 0.3) is 0 Å². The van der Waals surface area contributed by atoms with E-state index in [4.69, 9.17) is 10.5 Å². The van der Waals surface area contributed by atoms with Gasteiger partial charge in [0.15, 0.2) is 0 Å². The molecule has 4 heteroatoms. The minimum absolute atomic E-state index is 0.250. The quantitative estimate of drug-likeness (QED) is 0.790. The molecule has 1 saturated carbocycles. The first-order valence-corrected chi connectivity index (χ1v) is 6.83. The fourth-order valence-electron chi connectivity index (χ4n) is 2.30. The first-order valence-electron chi connectivity index (χ1n) is 6.83. The molecule has 1 aliphatic rings. The molecule has 0 bridgehead atoms. The third-order valence-corrected chi connectivity index (χ3v) is 3.58. The zero-order valence-corrected chi connectivity index (χ0v) is 11.0. The van der Waals surface area contributed by atoms with Crippen molar-refractivity contribution in [3.8, 4) is 0 Å². The van der Waals surface area contributed by atoms with Crippen LogP contribution in [0, 0.1) is 5.92 Å². The largest absolute Gasteiger partial charge is 0.461 e. The fraction of sp³-hybridized carbons (Fsp3) is 0.643. The van der Waals surface area contributed by atoms with E-state index in [1.54, 1.807) is 12.3 Å². The van der Waals surface area contributed by atoms with E-state index in [-0.39, 0.29) is 5.97 Å². The van der Waals surface area contributed by atoms with Gasteiger partial charge in [0.1, 0.15) is 5.69 Å². The molecular weight excluding hydrogens is 228 g/mol. The lowest BCUT2D eigenvalue weighted by atomic mass is 9.83. The lowest BCUT2D eigenvalue weighted by Gasteiger charge is -2.24. The zero-order chi connectivity index (χ0) is 13.0.